The molecule has 0 saturated carbocycles. The van der Waals surface area contributed by atoms with Gasteiger partial charge in [-0.15, -0.1) is 0 Å². The normalized spacial score (nSPS) is 14.9. The van der Waals surface area contributed by atoms with E-state index in [1.807, 2.05) is 64.5 Å². The van der Waals surface area contributed by atoms with E-state index in [-0.39, 0.29) is 25.7 Å². The Morgan fingerprint density at radius 2 is 1.81 bits per heavy atom. The summed E-state index contributed by atoms with van der Waals surface area (Å²) < 4.78 is 33.3. The van der Waals surface area contributed by atoms with Crippen LogP contribution < -0.4 is 4.90 Å². The average Bonchev–Trinajstić information content (AvgIpc) is 2.86. The molecular weight excluding hydrogens is 476 g/mol. The maximum atomic E-state index is 13.2. The first-order valence-electron chi connectivity index (χ1n) is 12.7. The molecule has 0 atom stereocenters. The van der Waals surface area contributed by atoms with Crippen LogP contribution in [0.25, 0.3) is 0 Å². The molecule has 8 nitrogen and oxygen atoms in total. The molecule has 1 aliphatic heterocycles. The molecule has 0 aliphatic carbocycles. The lowest BCUT2D eigenvalue weighted by Gasteiger charge is -2.35. The Labute approximate surface area is 216 Å². The number of rotatable bonds is 11. The first kappa shape index (κ1) is 28.1. The lowest BCUT2D eigenvalue weighted by Crippen LogP contribution is -2.40. The maximum Gasteiger partial charge on any atom is 0.248 e. The zero-order valence-corrected chi connectivity index (χ0v) is 23.1. The van der Waals surface area contributed by atoms with Gasteiger partial charge in [0.05, 0.1) is 11.5 Å². The Morgan fingerprint density at radius 3 is 2.44 bits per heavy atom. The molecule has 36 heavy (non-hydrogen) atoms. The Hall–Kier alpha value is -2.49. The Morgan fingerprint density at radius 1 is 1.14 bits per heavy atom. The maximum absolute atomic E-state index is 13.2. The van der Waals surface area contributed by atoms with Gasteiger partial charge in [0.1, 0.15) is 6.61 Å². The third-order valence-electron chi connectivity index (χ3n) is 6.92. The standard InChI is InChI=1S/C27H40N4O4S/c1-6-24-18-21(2)17-22(3)27(24)36(33,34)30(5)15-16-35-20-26(32)29(4)19-23-9-13-31(14-10-23)25-7-11-28-12-8-25/h7-8,11-12,17-18,23H,6,9-10,13-16,19-20H2,1-5H3. The molecule has 9 heteroatoms. The molecule has 1 aliphatic rings. The fourth-order valence-electron chi connectivity index (χ4n) is 4.83. The topological polar surface area (TPSA) is 83.0 Å². The van der Waals surface area contributed by atoms with E-state index in [4.69, 9.17) is 4.74 Å². The molecule has 1 saturated heterocycles. The number of benzene rings is 1. The second kappa shape index (κ2) is 12.7. The van der Waals surface area contributed by atoms with Crippen LogP contribution in [-0.2, 0) is 26.0 Å². The van der Waals surface area contributed by atoms with Gasteiger partial charge < -0.3 is 14.5 Å². The van der Waals surface area contributed by atoms with E-state index in [0.29, 0.717) is 23.8 Å². The second-order valence-corrected chi connectivity index (χ2v) is 11.7. The van der Waals surface area contributed by atoms with Crippen LogP contribution >= 0.6 is 0 Å². The number of ether oxygens (including phenoxy) is 1. The zero-order chi connectivity index (χ0) is 26.3. The third-order valence-corrected chi connectivity index (χ3v) is 9.02. The van der Waals surface area contributed by atoms with E-state index < -0.39 is 10.0 Å². The molecule has 0 bridgehead atoms. The highest BCUT2D eigenvalue weighted by Gasteiger charge is 2.26. The molecule has 2 aromatic rings. The van der Waals surface area contributed by atoms with Crippen molar-refractivity contribution in [1.82, 2.24) is 14.2 Å². The predicted molar refractivity (Wildman–Crippen MR) is 143 cm³/mol. The first-order chi connectivity index (χ1) is 17.1. The summed E-state index contributed by atoms with van der Waals surface area (Å²) in [6.07, 6.45) is 6.33. The quantitative estimate of drug-likeness (QED) is 0.427. The number of aromatic nitrogens is 1. The minimum atomic E-state index is -3.64. The summed E-state index contributed by atoms with van der Waals surface area (Å²) in [6.45, 7) is 8.69. The number of hydrogen-bond acceptors (Lipinski definition) is 6. The van der Waals surface area contributed by atoms with Crippen LogP contribution in [0.5, 0.6) is 0 Å². The van der Waals surface area contributed by atoms with Gasteiger partial charge in [0.15, 0.2) is 0 Å². The van der Waals surface area contributed by atoms with Crippen LogP contribution in [-0.4, -0.2) is 82.0 Å². The number of aryl methyl sites for hydroxylation is 3. The summed E-state index contributed by atoms with van der Waals surface area (Å²) in [4.78, 5) is 21.1. The Balaban J connectivity index is 1.42. The van der Waals surface area contributed by atoms with E-state index >= 15 is 0 Å². The van der Waals surface area contributed by atoms with Crippen molar-refractivity contribution in [2.45, 2.75) is 44.9 Å². The van der Waals surface area contributed by atoms with Crippen LogP contribution in [0.15, 0.2) is 41.6 Å². The molecule has 3 rings (SSSR count). The van der Waals surface area contributed by atoms with E-state index in [9.17, 15) is 13.2 Å². The van der Waals surface area contributed by atoms with Crippen molar-refractivity contribution in [3.8, 4) is 0 Å². The number of sulfonamides is 1. The number of pyridine rings is 1. The van der Waals surface area contributed by atoms with Gasteiger partial charge in [-0.05, 0) is 62.3 Å². The van der Waals surface area contributed by atoms with Gasteiger partial charge in [-0.3, -0.25) is 9.78 Å². The summed E-state index contributed by atoms with van der Waals surface area (Å²) in [5.41, 5.74) is 3.82. The Kier molecular flexibility index (Phi) is 9.87. The van der Waals surface area contributed by atoms with Gasteiger partial charge in [0.25, 0.3) is 0 Å². The van der Waals surface area contributed by atoms with E-state index in [2.05, 4.69) is 9.88 Å². The lowest BCUT2D eigenvalue weighted by atomic mass is 9.96. The number of amides is 1. The third kappa shape index (κ3) is 7.05. The van der Waals surface area contributed by atoms with E-state index in [1.54, 1.807) is 11.9 Å². The fourth-order valence-corrected chi connectivity index (χ4v) is 6.46. The highest BCUT2D eigenvalue weighted by atomic mass is 32.2. The van der Waals surface area contributed by atoms with Crippen molar-refractivity contribution in [2.75, 3.05) is 58.4 Å². The number of anilines is 1. The van der Waals surface area contributed by atoms with Gasteiger partial charge in [0.2, 0.25) is 15.9 Å². The van der Waals surface area contributed by atoms with Crippen molar-refractivity contribution < 1.29 is 17.9 Å². The van der Waals surface area contributed by atoms with Crippen molar-refractivity contribution in [1.29, 1.82) is 0 Å². The number of carbonyl (C=O) groups excluding carboxylic acids is 1. The highest BCUT2D eigenvalue weighted by molar-refractivity contribution is 7.89. The molecular formula is C27H40N4O4S. The van der Waals surface area contributed by atoms with E-state index in [1.165, 1.54) is 9.99 Å². The monoisotopic (exact) mass is 516 g/mol. The minimum absolute atomic E-state index is 0.0516. The molecule has 0 unspecified atom stereocenters. The van der Waals surface area contributed by atoms with Crippen LogP contribution in [0.3, 0.4) is 0 Å². The number of hydrogen-bond donors (Lipinski definition) is 0. The smallest absolute Gasteiger partial charge is 0.248 e. The summed E-state index contributed by atoms with van der Waals surface area (Å²) >= 11 is 0. The molecule has 1 amide bonds. The predicted octanol–water partition coefficient (Wildman–Crippen LogP) is 3.27. The summed E-state index contributed by atoms with van der Waals surface area (Å²) in [7, 11) is -0.271. The van der Waals surface area contributed by atoms with Gasteiger partial charge in [0, 0.05) is 58.4 Å². The van der Waals surface area contributed by atoms with Crippen LogP contribution in [0.4, 0.5) is 5.69 Å². The molecule has 0 N–H and O–H groups in total. The SMILES string of the molecule is CCc1cc(C)cc(C)c1S(=O)(=O)N(C)CCOCC(=O)N(C)CC1CCN(c2ccncc2)CC1. The molecule has 1 aromatic heterocycles. The number of carbonyl (C=O) groups is 1. The highest BCUT2D eigenvalue weighted by Crippen LogP contribution is 2.26. The lowest BCUT2D eigenvalue weighted by molar-refractivity contribution is -0.135. The summed E-state index contributed by atoms with van der Waals surface area (Å²) in [5, 5.41) is 0. The summed E-state index contributed by atoms with van der Waals surface area (Å²) in [5.74, 6) is 0.374. The van der Waals surface area contributed by atoms with Gasteiger partial charge in [-0.1, -0.05) is 24.6 Å². The van der Waals surface area contributed by atoms with Crippen molar-refractivity contribution in [3.05, 3.63) is 53.3 Å². The zero-order valence-electron chi connectivity index (χ0n) is 22.2. The Bertz CT molecular complexity index is 1120. The fraction of sp³-hybridized carbons (Fsp3) is 0.556. The average molecular weight is 517 g/mol. The minimum Gasteiger partial charge on any atom is -0.371 e. The van der Waals surface area contributed by atoms with Crippen LogP contribution in [0, 0.1) is 19.8 Å². The molecule has 2 heterocycles. The first-order valence-corrected chi connectivity index (χ1v) is 14.1. The molecule has 1 aromatic carbocycles. The van der Waals surface area contributed by atoms with Gasteiger partial charge in [-0.2, -0.15) is 4.31 Å². The molecule has 1 fully saturated rings. The molecule has 198 valence electrons. The number of piperidine rings is 1. The molecule has 0 spiro atoms. The number of likely N-dealkylation sites (N-methyl/N-ethyl adjacent to an activating group) is 2. The van der Waals surface area contributed by atoms with Crippen LogP contribution in [0.2, 0.25) is 0 Å². The largest absolute Gasteiger partial charge is 0.371 e. The second-order valence-electron chi connectivity index (χ2n) is 9.71. The van der Waals surface area contributed by atoms with Gasteiger partial charge >= 0.3 is 0 Å². The van der Waals surface area contributed by atoms with Gasteiger partial charge in [-0.25, -0.2) is 8.42 Å². The number of nitrogens with zero attached hydrogens (tertiary/aromatic N) is 4. The summed E-state index contributed by atoms with van der Waals surface area (Å²) in [6, 6.07) is 7.89. The van der Waals surface area contributed by atoms with Crippen molar-refractivity contribution in [2.24, 2.45) is 5.92 Å². The van der Waals surface area contributed by atoms with E-state index in [0.717, 1.165) is 42.6 Å². The van der Waals surface area contributed by atoms with Crippen LogP contribution in [0.1, 0.15) is 36.5 Å². The van der Waals surface area contributed by atoms with Crippen molar-refractivity contribution in [3.63, 3.8) is 0 Å². The molecule has 0 radical (unpaired) electrons. The van der Waals surface area contributed by atoms with Crippen molar-refractivity contribution >= 4 is 21.6 Å².